The fourth-order valence-corrected chi connectivity index (χ4v) is 0.757. The third-order valence-electron chi connectivity index (χ3n) is 1.33. The van der Waals surface area contributed by atoms with Crippen molar-refractivity contribution in [2.75, 3.05) is 0 Å². The van der Waals surface area contributed by atoms with E-state index in [9.17, 15) is 9.59 Å². The van der Waals surface area contributed by atoms with Crippen LogP contribution in [0, 0.1) is 5.92 Å². The first-order chi connectivity index (χ1) is 5.09. The third kappa shape index (κ3) is 1.93. The Morgan fingerprint density at radius 1 is 1.27 bits per heavy atom. The molecule has 0 amide bonds. The highest BCUT2D eigenvalue weighted by molar-refractivity contribution is 5.92. The van der Waals surface area contributed by atoms with Crippen LogP contribution in [-0.4, -0.2) is 18.2 Å². The number of carbonyl (C=O) groups excluding carboxylic acids is 2. The SMILES string of the molecule is CC(C)C1OC(=O)CC(=O)O1. The molecule has 4 nitrogen and oxygen atoms in total. The van der Waals surface area contributed by atoms with Gasteiger partial charge < -0.3 is 9.47 Å². The lowest BCUT2D eigenvalue weighted by Gasteiger charge is -2.24. The maximum atomic E-state index is 10.7. The second-order valence-corrected chi connectivity index (χ2v) is 2.77. The molecule has 11 heavy (non-hydrogen) atoms. The zero-order valence-corrected chi connectivity index (χ0v) is 6.49. The lowest BCUT2D eigenvalue weighted by Crippen LogP contribution is -2.35. The number of cyclic esters (lactones) is 2. The summed E-state index contributed by atoms with van der Waals surface area (Å²) in [7, 11) is 0. The van der Waals surface area contributed by atoms with Gasteiger partial charge in [0, 0.05) is 5.92 Å². The number of hydrogen-bond donors (Lipinski definition) is 0. The molecular formula is C7H10O4. The molecule has 0 aromatic rings. The topological polar surface area (TPSA) is 52.6 Å². The molecule has 4 heteroatoms. The van der Waals surface area contributed by atoms with Crippen LogP contribution in [0.4, 0.5) is 0 Å². The van der Waals surface area contributed by atoms with Crippen molar-refractivity contribution in [1.29, 1.82) is 0 Å². The molecule has 0 aromatic carbocycles. The molecule has 0 spiro atoms. The van der Waals surface area contributed by atoms with E-state index in [1.807, 2.05) is 13.8 Å². The summed E-state index contributed by atoms with van der Waals surface area (Å²) in [6, 6.07) is 0. The predicted molar refractivity (Wildman–Crippen MR) is 35.4 cm³/mol. The number of esters is 2. The van der Waals surface area contributed by atoms with Gasteiger partial charge in [0.25, 0.3) is 0 Å². The average molecular weight is 158 g/mol. The molecule has 1 aliphatic rings. The molecule has 0 radical (unpaired) electrons. The van der Waals surface area contributed by atoms with E-state index in [0.717, 1.165) is 0 Å². The third-order valence-corrected chi connectivity index (χ3v) is 1.33. The van der Waals surface area contributed by atoms with Crippen LogP contribution >= 0.6 is 0 Å². The van der Waals surface area contributed by atoms with Gasteiger partial charge in [-0.15, -0.1) is 0 Å². The smallest absolute Gasteiger partial charge is 0.320 e. The maximum Gasteiger partial charge on any atom is 0.320 e. The first-order valence-corrected chi connectivity index (χ1v) is 3.48. The first kappa shape index (κ1) is 8.04. The monoisotopic (exact) mass is 158 g/mol. The number of ether oxygens (including phenoxy) is 2. The van der Waals surface area contributed by atoms with Gasteiger partial charge in [0.15, 0.2) is 0 Å². The van der Waals surface area contributed by atoms with Crippen molar-refractivity contribution in [3.05, 3.63) is 0 Å². The molecule has 1 rings (SSSR count). The number of rotatable bonds is 1. The van der Waals surface area contributed by atoms with E-state index in [0.29, 0.717) is 0 Å². The van der Waals surface area contributed by atoms with Crippen LogP contribution in [-0.2, 0) is 19.1 Å². The van der Waals surface area contributed by atoms with Gasteiger partial charge in [-0.25, -0.2) is 0 Å². The van der Waals surface area contributed by atoms with E-state index in [1.54, 1.807) is 0 Å². The minimum absolute atomic E-state index is 0.0169. The predicted octanol–water partition coefficient (Wildman–Crippen LogP) is 0.459. The summed E-state index contributed by atoms with van der Waals surface area (Å²) in [5.74, 6) is -0.983. The van der Waals surface area contributed by atoms with E-state index in [4.69, 9.17) is 9.47 Å². The van der Waals surface area contributed by atoms with Crippen molar-refractivity contribution in [1.82, 2.24) is 0 Å². The molecule has 62 valence electrons. The molecule has 1 aliphatic heterocycles. The van der Waals surface area contributed by atoms with Gasteiger partial charge in [-0.1, -0.05) is 13.8 Å². The molecule has 0 aliphatic carbocycles. The largest absolute Gasteiger partial charge is 0.424 e. The summed E-state index contributed by atoms with van der Waals surface area (Å²) < 4.78 is 9.47. The van der Waals surface area contributed by atoms with Gasteiger partial charge in [0.05, 0.1) is 0 Å². The van der Waals surface area contributed by atoms with Crippen LogP contribution in [0.5, 0.6) is 0 Å². The Kier molecular flexibility index (Phi) is 2.12. The van der Waals surface area contributed by atoms with Gasteiger partial charge >= 0.3 is 11.9 Å². The zero-order chi connectivity index (χ0) is 8.43. The molecule has 0 bridgehead atoms. The minimum Gasteiger partial charge on any atom is -0.424 e. The molecule has 0 unspecified atom stereocenters. The fraction of sp³-hybridized carbons (Fsp3) is 0.714. The van der Waals surface area contributed by atoms with Crippen LogP contribution in [0.2, 0.25) is 0 Å². The Labute approximate surface area is 64.5 Å². The number of carbonyl (C=O) groups is 2. The van der Waals surface area contributed by atoms with Crippen molar-refractivity contribution >= 4 is 11.9 Å². The second-order valence-electron chi connectivity index (χ2n) is 2.77. The number of hydrogen-bond acceptors (Lipinski definition) is 4. The van der Waals surface area contributed by atoms with Crippen molar-refractivity contribution in [3.8, 4) is 0 Å². The Balaban J connectivity index is 2.56. The molecule has 1 fully saturated rings. The summed E-state index contributed by atoms with van der Waals surface area (Å²) in [5, 5.41) is 0. The van der Waals surface area contributed by atoms with Crippen LogP contribution in [0.1, 0.15) is 20.3 Å². The minimum atomic E-state index is -0.691. The molecule has 0 saturated carbocycles. The second kappa shape index (κ2) is 2.90. The van der Waals surface area contributed by atoms with Crippen LogP contribution in [0.3, 0.4) is 0 Å². The molecule has 1 heterocycles. The quantitative estimate of drug-likeness (QED) is 0.411. The summed E-state index contributed by atoms with van der Waals surface area (Å²) in [5.41, 5.74) is 0. The lowest BCUT2D eigenvalue weighted by atomic mass is 10.2. The van der Waals surface area contributed by atoms with Gasteiger partial charge in [0.1, 0.15) is 6.42 Å². The average Bonchev–Trinajstić information content (AvgIpc) is 1.85. The normalized spacial score (nSPS) is 19.9. The highest BCUT2D eigenvalue weighted by Crippen LogP contribution is 2.14. The Morgan fingerprint density at radius 3 is 2.09 bits per heavy atom. The van der Waals surface area contributed by atoms with E-state index in [1.165, 1.54) is 0 Å². The van der Waals surface area contributed by atoms with Crippen molar-refractivity contribution in [2.45, 2.75) is 26.6 Å². The van der Waals surface area contributed by atoms with Crippen molar-refractivity contribution in [3.63, 3.8) is 0 Å². The van der Waals surface area contributed by atoms with Crippen LogP contribution in [0.25, 0.3) is 0 Å². The van der Waals surface area contributed by atoms with E-state index < -0.39 is 18.2 Å². The summed E-state index contributed by atoms with van der Waals surface area (Å²) >= 11 is 0. The van der Waals surface area contributed by atoms with E-state index in [2.05, 4.69) is 0 Å². The van der Waals surface area contributed by atoms with E-state index >= 15 is 0 Å². The Hall–Kier alpha value is -1.06. The highest BCUT2D eigenvalue weighted by Gasteiger charge is 2.29. The fourth-order valence-electron chi connectivity index (χ4n) is 0.757. The summed E-state index contributed by atoms with van der Waals surface area (Å²) in [6.07, 6.45) is -0.952. The van der Waals surface area contributed by atoms with Gasteiger partial charge in [0.2, 0.25) is 6.29 Å². The van der Waals surface area contributed by atoms with Gasteiger partial charge in [-0.05, 0) is 0 Å². The van der Waals surface area contributed by atoms with Crippen molar-refractivity contribution < 1.29 is 19.1 Å². The maximum absolute atomic E-state index is 10.7. The Morgan fingerprint density at radius 2 is 1.73 bits per heavy atom. The molecule has 1 saturated heterocycles. The Bertz CT molecular complexity index is 169. The highest BCUT2D eigenvalue weighted by atomic mass is 16.7. The molecular weight excluding hydrogens is 148 g/mol. The van der Waals surface area contributed by atoms with Crippen LogP contribution in [0.15, 0.2) is 0 Å². The van der Waals surface area contributed by atoms with E-state index in [-0.39, 0.29) is 12.3 Å². The first-order valence-electron chi connectivity index (χ1n) is 3.48. The lowest BCUT2D eigenvalue weighted by molar-refractivity contribution is -0.210. The van der Waals surface area contributed by atoms with Crippen molar-refractivity contribution in [2.24, 2.45) is 5.92 Å². The zero-order valence-electron chi connectivity index (χ0n) is 6.49. The van der Waals surface area contributed by atoms with Gasteiger partial charge in [-0.3, -0.25) is 9.59 Å². The van der Waals surface area contributed by atoms with Crippen LogP contribution < -0.4 is 0 Å². The molecule has 0 atom stereocenters. The summed E-state index contributed by atoms with van der Waals surface area (Å²) in [4.78, 5) is 21.3. The summed E-state index contributed by atoms with van der Waals surface area (Å²) in [6.45, 7) is 3.63. The standard InChI is InChI=1S/C7H10O4/c1-4(2)7-10-5(8)3-6(9)11-7/h4,7H,3H2,1-2H3. The molecule has 0 N–H and O–H groups in total. The van der Waals surface area contributed by atoms with Gasteiger partial charge in [-0.2, -0.15) is 0 Å². The molecule has 0 aromatic heterocycles.